The van der Waals surface area contributed by atoms with Crippen LogP contribution in [0.15, 0.2) is 46.0 Å². The molecule has 0 atom stereocenters. The molecule has 2 aromatic rings. The molecule has 0 aromatic heterocycles. The van der Waals surface area contributed by atoms with Crippen molar-refractivity contribution in [3.8, 4) is 0 Å². The number of rotatable bonds is 4. The first-order valence-electron chi connectivity index (χ1n) is 6.36. The molecule has 0 amide bonds. The maximum Gasteiger partial charge on any atom is 0.335 e. The van der Waals surface area contributed by atoms with Crippen LogP contribution < -0.4 is 5.43 Å². The molecule has 0 aliphatic carbocycles. The number of hydrogen-bond donors (Lipinski definition) is 2. The first-order valence-corrected chi connectivity index (χ1v) is 7.16. The fraction of sp³-hybridized carbons (Fsp3) is 0.125. The Labute approximate surface area is 131 Å². The van der Waals surface area contributed by atoms with Crippen molar-refractivity contribution in [3.63, 3.8) is 0 Å². The molecule has 21 heavy (non-hydrogen) atoms. The van der Waals surface area contributed by atoms with E-state index in [-0.39, 0.29) is 5.56 Å². The quantitative estimate of drug-likeness (QED) is 0.643. The van der Waals surface area contributed by atoms with E-state index in [2.05, 4.69) is 26.5 Å². The van der Waals surface area contributed by atoms with E-state index in [9.17, 15) is 4.79 Å². The lowest BCUT2D eigenvalue weighted by atomic mass is 10.1. The van der Waals surface area contributed by atoms with E-state index in [0.717, 1.165) is 21.2 Å². The molecule has 0 aliphatic rings. The van der Waals surface area contributed by atoms with Crippen LogP contribution in [0.3, 0.4) is 0 Å². The third kappa shape index (κ3) is 3.92. The monoisotopic (exact) mass is 346 g/mol. The second-order valence-electron chi connectivity index (χ2n) is 4.72. The van der Waals surface area contributed by atoms with Gasteiger partial charge in [0, 0.05) is 4.47 Å². The lowest BCUT2D eigenvalue weighted by Crippen LogP contribution is -1.98. The number of carbonyl (C=O) groups is 1. The minimum Gasteiger partial charge on any atom is -0.478 e. The summed E-state index contributed by atoms with van der Waals surface area (Å²) in [6, 6.07) is 10.6. The van der Waals surface area contributed by atoms with Crippen molar-refractivity contribution in [1.29, 1.82) is 0 Å². The summed E-state index contributed by atoms with van der Waals surface area (Å²) in [5.41, 5.74) is 6.97. The highest BCUT2D eigenvalue weighted by Gasteiger charge is 2.02. The first-order chi connectivity index (χ1) is 9.97. The van der Waals surface area contributed by atoms with Crippen LogP contribution >= 0.6 is 15.9 Å². The van der Waals surface area contributed by atoms with Crippen molar-refractivity contribution in [2.45, 2.75) is 13.8 Å². The van der Waals surface area contributed by atoms with Gasteiger partial charge in [-0.3, -0.25) is 5.43 Å². The van der Waals surface area contributed by atoms with Crippen LogP contribution in [0.4, 0.5) is 5.69 Å². The van der Waals surface area contributed by atoms with Gasteiger partial charge < -0.3 is 5.11 Å². The van der Waals surface area contributed by atoms with Crippen molar-refractivity contribution in [1.82, 2.24) is 0 Å². The van der Waals surface area contributed by atoms with Crippen molar-refractivity contribution in [3.05, 3.63) is 63.1 Å². The molecule has 0 saturated carbocycles. The van der Waals surface area contributed by atoms with Gasteiger partial charge in [-0.1, -0.05) is 22.0 Å². The van der Waals surface area contributed by atoms with Gasteiger partial charge in [-0.15, -0.1) is 0 Å². The van der Waals surface area contributed by atoms with E-state index in [0.29, 0.717) is 5.69 Å². The second kappa shape index (κ2) is 6.54. The van der Waals surface area contributed by atoms with Crippen LogP contribution in [-0.2, 0) is 0 Å². The molecule has 0 aliphatic heterocycles. The molecule has 0 bridgehead atoms. The van der Waals surface area contributed by atoms with Crippen molar-refractivity contribution in [2.75, 3.05) is 5.43 Å². The number of carboxylic acids is 1. The molecule has 2 aromatic carbocycles. The molecule has 2 rings (SSSR count). The van der Waals surface area contributed by atoms with E-state index in [4.69, 9.17) is 5.11 Å². The first kappa shape index (κ1) is 15.3. The zero-order chi connectivity index (χ0) is 15.4. The van der Waals surface area contributed by atoms with Crippen LogP contribution in [0.25, 0.3) is 0 Å². The number of anilines is 1. The van der Waals surface area contributed by atoms with E-state index < -0.39 is 5.97 Å². The predicted octanol–water partition coefficient (Wildman–Crippen LogP) is 4.21. The van der Waals surface area contributed by atoms with Crippen molar-refractivity contribution >= 4 is 33.8 Å². The summed E-state index contributed by atoms with van der Waals surface area (Å²) in [5.74, 6) is -0.957. The highest BCUT2D eigenvalue weighted by Crippen LogP contribution is 2.21. The molecule has 0 radical (unpaired) electrons. The normalized spacial score (nSPS) is 10.8. The molecule has 0 spiro atoms. The van der Waals surface area contributed by atoms with Gasteiger partial charge in [0.15, 0.2) is 0 Å². The SMILES string of the molecule is Cc1cc(/C=N/Nc2cccc(C(=O)O)c2)cc(C)c1Br. The number of nitrogens with zero attached hydrogens (tertiary/aromatic N) is 1. The summed E-state index contributed by atoms with van der Waals surface area (Å²) in [6.45, 7) is 4.05. The zero-order valence-corrected chi connectivity index (χ0v) is 13.3. The van der Waals surface area contributed by atoms with Gasteiger partial charge in [-0.2, -0.15) is 5.10 Å². The summed E-state index contributed by atoms with van der Waals surface area (Å²) >= 11 is 3.52. The molecule has 108 valence electrons. The summed E-state index contributed by atoms with van der Waals surface area (Å²) in [7, 11) is 0. The molecule has 0 fully saturated rings. The number of hydrazone groups is 1. The van der Waals surface area contributed by atoms with Gasteiger partial charge in [-0.25, -0.2) is 4.79 Å². The Hall–Kier alpha value is -2.14. The minimum absolute atomic E-state index is 0.227. The standard InChI is InChI=1S/C16H15BrN2O2/c1-10-6-12(7-11(2)15(10)17)9-18-19-14-5-3-4-13(8-14)16(20)21/h3-9,19H,1-2H3,(H,20,21)/b18-9+. The summed E-state index contributed by atoms with van der Waals surface area (Å²) < 4.78 is 1.10. The van der Waals surface area contributed by atoms with Crippen LogP contribution in [0.5, 0.6) is 0 Å². The third-order valence-corrected chi connectivity index (χ3v) is 4.23. The van der Waals surface area contributed by atoms with Gasteiger partial charge in [-0.05, 0) is 60.9 Å². The average Bonchev–Trinajstić information content (AvgIpc) is 2.45. The molecule has 4 nitrogen and oxygen atoms in total. The van der Waals surface area contributed by atoms with Crippen molar-refractivity contribution < 1.29 is 9.90 Å². The molecule has 0 saturated heterocycles. The fourth-order valence-corrected chi connectivity index (χ4v) is 2.19. The van der Waals surface area contributed by atoms with Crippen molar-refractivity contribution in [2.24, 2.45) is 5.10 Å². The number of nitrogens with one attached hydrogen (secondary N) is 1. The maximum atomic E-state index is 10.9. The highest BCUT2D eigenvalue weighted by atomic mass is 79.9. The van der Waals surface area contributed by atoms with E-state index in [1.807, 2.05) is 26.0 Å². The molecular weight excluding hydrogens is 332 g/mol. The number of hydrogen-bond acceptors (Lipinski definition) is 3. The summed E-state index contributed by atoms with van der Waals surface area (Å²) in [6.07, 6.45) is 1.71. The third-order valence-electron chi connectivity index (χ3n) is 2.98. The Morgan fingerprint density at radius 3 is 2.52 bits per heavy atom. The van der Waals surface area contributed by atoms with E-state index in [1.165, 1.54) is 6.07 Å². The Morgan fingerprint density at radius 1 is 1.24 bits per heavy atom. The zero-order valence-electron chi connectivity index (χ0n) is 11.7. The Kier molecular flexibility index (Phi) is 4.75. The molecular formula is C16H15BrN2O2. The number of carboxylic acid groups (broad SMARTS) is 1. The van der Waals surface area contributed by atoms with Crippen LogP contribution in [-0.4, -0.2) is 17.3 Å². The largest absolute Gasteiger partial charge is 0.478 e. The number of aromatic carboxylic acids is 1. The minimum atomic E-state index is -0.957. The number of aryl methyl sites for hydroxylation is 2. The Morgan fingerprint density at radius 2 is 1.90 bits per heavy atom. The predicted molar refractivity (Wildman–Crippen MR) is 88.2 cm³/mol. The maximum absolute atomic E-state index is 10.9. The lowest BCUT2D eigenvalue weighted by molar-refractivity contribution is 0.0697. The number of benzene rings is 2. The fourth-order valence-electron chi connectivity index (χ4n) is 1.96. The molecule has 0 unspecified atom stereocenters. The van der Waals surface area contributed by atoms with E-state index in [1.54, 1.807) is 24.4 Å². The van der Waals surface area contributed by atoms with Gasteiger partial charge in [0.25, 0.3) is 0 Å². The summed E-state index contributed by atoms with van der Waals surface area (Å²) in [4.78, 5) is 10.9. The molecule has 5 heteroatoms. The van der Waals surface area contributed by atoms with Crippen LogP contribution in [0.1, 0.15) is 27.0 Å². The average molecular weight is 347 g/mol. The second-order valence-corrected chi connectivity index (χ2v) is 5.52. The van der Waals surface area contributed by atoms with Crippen LogP contribution in [0.2, 0.25) is 0 Å². The summed E-state index contributed by atoms with van der Waals surface area (Å²) in [5, 5.41) is 13.1. The number of halogens is 1. The lowest BCUT2D eigenvalue weighted by Gasteiger charge is -2.05. The topological polar surface area (TPSA) is 61.7 Å². The molecule has 2 N–H and O–H groups in total. The van der Waals surface area contributed by atoms with Crippen LogP contribution in [0, 0.1) is 13.8 Å². The Balaban J connectivity index is 2.12. The van der Waals surface area contributed by atoms with E-state index >= 15 is 0 Å². The Bertz CT molecular complexity index is 688. The van der Waals surface area contributed by atoms with Gasteiger partial charge >= 0.3 is 5.97 Å². The van der Waals surface area contributed by atoms with Gasteiger partial charge in [0.05, 0.1) is 17.5 Å². The molecule has 0 heterocycles. The van der Waals surface area contributed by atoms with Gasteiger partial charge in [0.1, 0.15) is 0 Å². The highest BCUT2D eigenvalue weighted by molar-refractivity contribution is 9.10. The van der Waals surface area contributed by atoms with Gasteiger partial charge in [0.2, 0.25) is 0 Å². The smallest absolute Gasteiger partial charge is 0.335 e.